The monoisotopic (exact) mass is 953 g/mol. The van der Waals surface area contributed by atoms with Crippen LogP contribution in [0.5, 0.6) is 0 Å². The van der Waals surface area contributed by atoms with Crippen molar-refractivity contribution in [2.45, 2.75) is 11.3 Å². The molecule has 0 N–H and O–H groups in total. The number of rotatable bonds is 10. The summed E-state index contributed by atoms with van der Waals surface area (Å²) in [4.78, 5) is 0. The van der Waals surface area contributed by atoms with E-state index in [4.69, 9.17) is 0 Å². The van der Waals surface area contributed by atoms with Gasteiger partial charge < -0.3 is 4.57 Å². The molecule has 0 bridgehead atoms. The van der Waals surface area contributed by atoms with Gasteiger partial charge in [-0.3, -0.25) is 0 Å². The van der Waals surface area contributed by atoms with Gasteiger partial charge in [0.05, 0.1) is 16.4 Å². The molecule has 1 atom stereocenters. The zero-order valence-corrected chi connectivity index (χ0v) is 41.4. The topological polar surface area (TPSA) is 4.93 Å². The van der Waals surface area contributed by atoms with Gasteiger partial charge in [0.2, 0.25) is 0 Å². The minimum Gasteiger partial charge on any atom is -0.309 e. The number of hydrogen-bond acceptors (Lipinski definition) is 0. The molecule has 12 aromatic carbocycles. The van der Waals surface area contributed by atoms with Crippen LogP contribution in [-0.4, -0.2) is 4.57 Å². The first-order valence-electron chi connectivity index (χ1n) is 26.1. The zero-order valence-electron chi connectivity index (χ0n) is 41.4. The van der Waals surface area contributed by atoms with Gasteiger partial charge in [0.25, 0.3) is 0 Å². The van der Waals surface area contributed by atoms with E-state index in [0.717, 1.165) is 5.69 Å². The molecule has 352 valence electrons. The summed E-state index contributed by atoms with van der Waals surface area (Å²) < 4.78 is 2.45. The number of fused-ring (bicyclic) bond motifs is 6. The van der Waals surface area contributed by atoms with Crippen LogP contribution in [0, 0.1) is 0 Å². The first-order chi connectivity index (χ1) is 37.2. The number of benzene rings is 12. The smallest absolute Gasteiger partial charge is 0.0701 e. The minimum absolute atomic E-state index is 0.189. The fourth-order valence-electron chi connectivity index (χ4n) is 12.3. The summed E-state index contributed by atoms with van der Waals surface area (Å²) in [6, 6.07) is 112. The summed E-state index contributed by atoms with van der Waals surface area (Å²) in [6.07, 6.45) is 0. The Morgan fingerprint density at radius 2 is 0.640 bits per heavy atom. The molecule has 13 aromatic rings. The molecule has 1 aliphatic carbocycles. The second-order valence-electron chi connectivity index (χ2n) is 19.9. The van der Waals surface area contributed by atoms with Crippen molar-refractivity contribution >= 4 is 21.8 Å². The second kappa shape index (κ2) is 18.5. The molecule has 1 nitrogen and oxygen atoms in total. The molecule has 0 amide bonds. The van der Waals surface area contributed by atoms with Gasteiger partial charge in [0, 0.05) is 22.4 Å². The maximum absolute atomic E-state index is 2.47. The van der Waals surface area contributed by atoms with Crippen molar-refractivity contribution < 1.29 is 0 Å². The molecule has 0 saturated heterocycles. The van der Waals surface area contributed by atoms with Crippen LogP contribution in [0.1, 0.15) is 44.9 Å². The first kappa shape index (κ1) is 44.2. The Bertz CT molecular complexity index is 4060. The highest BCUT2D eigenvalue weighted by atomic mass is 15.0. The molecule has 0 spiro atoms. The van der Waals surface area contributed by atoms with Crippen LogP contribution in [0.25, 0.3) is 83.1 Å². The van der Waals surface area contributed by atoms with Crippen LogP contribution < -0.4 is 0 Å². The van der Waals surface area contributed by atoms with Crippen LogP contribution in [0.3, 0.4) is 0 Å². The van der Waals surface area contributed by atoms with Gasteiger partial charge in [-0.2, -0.15) is 0 Å². The van der Waals surface area contributed by atoms with Gasteiger partial charge in [0.1, 0.15) is 0 Å². The number of hydrogen-bond donors (Lipinski definition) is 0. The molecule has 0 fully saturated rings. The number of nitrogens with zero attached hydrogens (tertiary/aromatic N) is 1. The zero-order chi connectivity index (χ0) is 49.7. The highest BCUT2D eigenvalue weighted by Gasteiger charge is 2.39. The van der Waals surface area contributed by atoms with Crippen molar-refractivity contribution in [3.8, 4) is 61.3 Å². The van der Waals surface area contributed by atoms with Gasteiger partial charge in [-0.25, -0.2) is 0 Å². The SMILES string of the molecule is c1ccc(-c2ccc(C3c4ccccc4-c4cc(-c5ccc(-c6ccc7c(c6)c6cc(C(c8ccccc8)(c8ccccc8)c8ccccc8)ccc6n7-c6ccc(-c7ccccc7)cc6)cc5)ccc43)cc2)cc1. The second-order valence-corrected chi connectivity index (χ2v) is 19.9. The molecule has 0 saturated carbocycles. The fraction of sp³-hybridized carbons (Fsp3) is 0.0270. The lowest BCUT2D eigenvalue weighted by Gasteiger charge is -2.37. The minimum atomic E-state index is -0.578. The third-order valence-corrected chi connectivity index (χ3v) is 15.9. The van der Waals surface area contributed by atoms with E-state index in [0.29, 0.717) is 0 Å². The van der Waals surface area contributed by atoms with Crippen molar-refractivity contribution in [3.05, 3.63) is 342 Å². The van der Waals surface area contributed by atoms with Crippen LogP contribution in [-0.2, 0) is 5.41 Å². The summed E-state index contributed by atoms with van der Waals surface area (Å²) in [5, 5.41) is 2.43. The lowest BCUT2D eigenvalue weighted by atomic mass is 9.65. The van der Waals surface area contributed by atoms with Gasteiger partial charge in [-0.1, -0.05) is 261 Å². The fourth-order valence-corrected chi connectivity index (χ4v) is 12.3. The summed E-state index contributed by atoms with van der Waals surface area (Å²) in [7, 11) is 0. The van der Waals surface area contributed by atoms with E-state index in [9.17, 15) is 0 Å². The van der Waals surface area contributed by atoms with Crippen molar-refractivity contribution in [1.29, 1.82) is 0 Å². The van der Waals surface area contributed by atoms with Gasteiger partial charge >= 0.3 is 0 Å². The summed E-state index contributed by atoms with van der Waals surface area (Å²) in [5.74, 6) is 0.189. The molecule has 75 heavy (non-hydrogen) atoms. The average molecular weight is 954 g/mol. The average Bonchev–Trinajstić information content (AvgIpc) is 4.07. The Morgan fingerprint density at radius 3 is 1.20 bits per heavy atom. The first-order valence-corrected chi connectivity index (χ1v) is 26.1. The number of aromatic nitrogens is 1. The normalized spacial score (nSPS) is 12.9. The van der Waals surface area contributed by atoms with E-state index in [1.807, 2.05) is 0 Å². The largest absolute Gasteiger partial charge is 0.309 e. The van der Waals surface area contributed by atoms with Crippen LogP contribution in [0.4, 0.5) is 0 Å². The molecule has 1 aliphatic rings. The summed E-state index contributed by atoms with van der Waals surface area (Å²) in [5.41, 5.74) is 24.1. The molecule has 1 heteroatoms. The maximum Gasteiger partial charge on any atom is 0.0701 e. The van der Waals surface area contributed by atoms with E-state index in [1.165, 1.54) is 116 Å². The Morgan fingerprint density at radius 1 is 0.253 bits per heavy atom. The van der Waals surface area contributed by atoms with E-state index >= 15 is 0 Å². The van der Waals surface area contributed by atoms with Crippen molar-refractivity contribution in [3.63, 3.8) is 0 Å². The predicted octanol–water partition coefficient (Wildman–Crippen LogP) is 19.0. The third kappa shape index (κ3) is 7.55. The molecular weight excluding hydrogens is 903 g/mol. The molecular formula is C74H51N. The lowest BCUT2D eigenvalue weighted by Crippen LogP contribution is -2.30. The highest BCUT2D eigenvalue weighted by molar-refractivity contribution is 6.11. The Labute approximate surface area is 439 Å². The third-order valence-electron chi connectivity index (χ3n) is 15.9. The molecule has 1 heterocycles. The van der Waals surface area contributed by atoms with E-state index in [-0.39, 0.29) is 5.92 Å². The standard InChI is InChI=1S/C74H51N/c1-6-18-51(19-7-1)53-34-36-57(37-35-53)73-66-29-17-16-28-65(66)68-48-58(40-45-67(68)73)55-30-32-56(33-31-55)59-41-46-71-69(49-59)70-50-63(42-47-72(70)75(71)64-43-38-54(39-44-64)52-20-8-2-9-21-52)74(60-22-10-3-11-23-60,61-24-12-4-13-25-61)62-26-14-5-15-27-62/h1-50,73H. The molecule has 1 aromatic heterocycles. The van der Waals surface area contributed by atoms with Crippen molar-refractivity contribution in [2.75, 3.05) is 0 Å². The quantitative estimate of drug-likeness (QED) is 0.120. The predicted molar refractivity (Wildman–Crippen MR) is 314 cm³/mol. The summed E-state index contributed by atoms with van der Waals surface area (Å²) >= 11 is 0. The van der Waals surface area contributed by atoms with E-state index in [2.05, 4.69) is 308 Å². The molecule has 1 unspecified atom stereocenters. The molecule has 0 aliphatic heterocycles. The van der Waals surface area contributed by atoms with Gasteiger partial charge in [-0.15, -0.1) is 0 Å². The Balaban J connectivity index is 0.878. The highest BCUT2D eigenvalue weighted by Crippen LogP contribution is 2.50. The van der Waals surface area contributed by atoms with Crippen LogP contribution in [0.15, 0.2) is 303 Å². The Kier molecular flexibility index (Phi) is 10.9. The van der Waals surface area contributed by atoms with Crippen LogP contribution >= 0.6 is 0 Å². The van der Waals surface area contributed by atoms with Gasteiger partial charge in [0.15, 0.2) is 0 Å². The van der Waals surface area contributed by atoms with Gasteiger partial charge in [-0.05, 0) is 137 Å². The van der Waals surface area contributed by atoms with Crippen LogP contribution in [0.2, 0.25) is 0 Å². The lowest BCUT2D eigenvalue weighted by molar-refractivity contribution is 0.746. The maximum atomic E-state index is 2.47. The van der Waals surface area contributed by atoms with E-state index in [1.54, 1.807) is 0 Å². The molecule has 0 radical (unpaired) electrons. The van der Waals surface area contributed by atoms with E-state index < -0.39 is 5.41 Å². The molecule has 14 rings (SSSR count). The van der Waals surface area contributed by atoms with Crippen molar-refractivity contribution in [2.24, 2.45) is 0 Å². The Hall–Kier alpha value is -9.56. The van der Waals surface area contributed by atoms with Crippen molar-refractivity contribution in [1.82, 2.24) is 4.57 Å². The summed E-state index contributed by atoms with van der Waals surface area (Å²) in [6.45, 7) is 0.